The highest BCUT2D eigenvalue weighted by molar-refractivity contribution is 5.08. The minimum absolute atomic E-state index is 0.728. The Morgan fingerprint density at radius 3 is 2.76 bits per heavy atom. The van der Waals surface area contributed by atoms with Crippen LogP contribution < -0.4 is 4.74 Å². The molecule has 2 heterocycles. The van der Waals surface area contributed by atoms with Crippen LogP contribution in [0.15, 0.2) is 24.4 Å². The zero-order valence-corrected chi connectivity index (χ0v) is 10.5. The molecule has 1 aliphatic heterocycles. The number of hydrogen-bond donors (Lipinski definition) is 0. The molecule has 0 aliphatic carbocycles. The fraction of sp³-hybridized carbons (Fsp3) is 0.615. The zero-order valence-electron chi connectivity index (χ0n) is 10.5. The van der Waals surface area contributed by atoms with Crippen LogP contribution in [-0.4, -0.2) is 61.2 Å². The number of ether oxygens (including phenoxy) is 1. The van der Waals surface area contributed by atoms with Gasteiger partial charge in [-0.05, 0) is 19.5 Å². The molecule has 1 aliphatic rings. The Bertz CT molecular complexity index is 310. The highest BCUT2D eigenvalue weighted by Crippen LogP contribution is 2.04. The summed E-state index contributed by atoms with van der Waals surface area (Å²) in [7, 11) is 2.18. The maximum absolute atomic E-state index is 5.57. The van der Waals surface area contributed by atoms with Crippen LogP contribution in [0.4, 0.5) is 0 Å². The minimum Gasteiger partial charge on any atom is -0.478 e. The van der Waals surface area contributed by atoms with Gasteiger partial charge in [0.25, 0.3) is 0 Å². The molecule has 0 amide bonds. The van der Waals surface area contributed by atoms with E-state index in [4.69, 9.17) is 4.74 Å². The lowest BCUT2D eigenvalue weighted by atomic mass is 10.3. The summed E-state index contributed by atoms with van der Waals surface area (Å²) in [5.41, 5.74) is 0. The molecular formula is C13H21N3O. The van der Waals surface area contributed by atoms with Crippen LogP contribution in [-0.2, 0) is 0 Å². The molecule has 0 bridgehead atoms. The third-order valence-corrected chi connectivity index (χ3v) is 3.10. The molecule has 1 saturated heterocycles. The normalized spacial score (nSPS) is 18.2. The Balaban J connectivity index is 1.57. The van der Waals surface area contributed by atoms with E-state index in [-0.39, 0.29) is 0 Å². The maximum atomic E-state index is 5.57. The van der Waals surface area contributed by atoms with Gasteiger partial charge in [-0.25, -0.2) is 4.98 Å². The standard InChI is InChI=1S/C13H21N3O/c1-15-8-10-16(11-9-15)7-4-12-17-13-5-2-3-6-14-13/h2-3,5-6H,4,7-12H2,1H3. The van der Waals surface area contributed by atoms with Crippen molar-refractivity contribution in [3.8, 4) is 5.88 Å². The van der Waals surface area contributed by atoms with Crippen LogP contribution in [0.1, 0.15) is 6.42 Å². The Hall–Kier alpha value is -1.13. The fourth-order valence-corrected chi connectivity index (χ4v) is 1.97. The molecule has 2 rings (SSSR count). The first-order valence-corrected chi connectivity index (χ1v) is 6.29. The van der Waals surface area contributed by atoms with Gasteiger partial charge in [-0.2, -0.15) is 0 Å². The largest absolute Gasteiger partial charge is 0.478 e. The van der Waals surface area contributed by atoms with Gasteiger partial charge in [0.05, 0.1) is 6.61 Å². The van der Waals surface area contributed by atoms with Crippen molar-refractivity contribution in [2.45, 2.75) is 6.42 Å². The first-order valence-electron chi connectivity index (χ1n) is 6.29. The van der Waals surface area contributed by atoms with Gasteiger partial charge < -0.3 is 14.5 Å². The molecule has 17 heavy (non-hydrogen) atoms. The number of hydrogen-bond acceptors (Lipinski definition) is 4. The van der Waals surface area contributed by atoms with Crippen molar-refractivity contribution in [1.29, 1.82) is 0 Å². The number of aromatic nitrogens is 1. The molecule has 4 nitrogen and oxygen atoms in total. The van der Waals surface area contributed by atoms with E-state index in [1.54, 1.807) is 6.20 Å². The Morgan fingerprint density at radius 1 is 1.24 bits per heavy atom. The predicted octanol–water partition coefficient (Wildman–Crippen LogP) is 1.10. The Labute approximate surface area is 103 Å². The summed E-state index contributed by atoms with van der Waals surface area (Å²) in [6.07, 6.45) is 2.83. The van der Waals surface area contributed by atoms with Gasteiger partial charge in [0.1, 0.15) is 0 Å². The predicted molar refractivity (Wildman–Crippen MR) is 68.3 cm³/mol. The highest BCUT2D eigenvalue weighted by atomic mass is 16.5. The number of rotatable bonds is 5. The van der Waals surface area contributed by atoms with Gasteiger partial charge in [0.15, 0.2) is 0 Å². The first-order chi connectivity index (χ1) is 8.34. The van der Waals surface area contributed by atoms with Gasteiger partial charge in [0.2, 0.25) is 5.88 Å². The van der Waals surface area contributed by atoms with E-state index in [0.717, 1.165) is 25.5 Å². The van der Waals surface area contributed by atoms with Crippen molar-refractivity contribution in [3.05, 3.63) is 24.4 Å². The molecule has 94 valence electrons. The summed E-state index contributed by atoms with van der Waals surface area (Å²) in [5, 5.41) is 0. The van der Waals surface area contributed by atoms with E-state index in [9.17, 15) is 0 Å². The SMILES string of the molecule is CN1CCN(CCCOc2ccccn2)CC1. The smallest absolute Gasteiger partial charge is 0.213 e. The second-order valence-corrected chi connectivity index (χ2v) is 4.51. The van der Waals surface area contributed by atoms with Crippen LogP contribution in [0.2, 0.25) is 0 Å². The summed E-state index contributed by atoms with van der Waals surface area (Å²) in [6.45, 7) is 6.60. The van der Waals surface area contributed by atoms with Crippen molar-refractivity contribution in [3.63, 3.8) is 0 Å². The topological polar surface area (TPSA) is 28.6 Å². The van der Waals surface area contributed by atoms with E-state index in [1.165, 1.54) is 26.2 Å². The molecule has 0 saturated carbocycles. The molecule has 1 aromatic heterocycles. The van der Waals surface area contributed by atoms with Crippen LogP contribution in [0.25, 0.3) is 0 Å². The second-order valence-electron chi connectivity index (χ2n) is 4.51. The van der Waals surface area contributed by atoms with E-state index in [2.05, 4.69) is 21.8 Å². The molecule has 1 fully saturated rings. The van der Waals surface area contributed by atoms with E-state index >= 15 is 0 Å². The summed E-state index contributed by atoms with van der Waals surface area (Å²) in [5.74, 6) is 0.728. The lowest BCUT2D eigenvalue weighted by Gasteiger charge is -2.32. The number of piperazine rings is 1. The summed E-state index contributed by atoms with van der Waals surface area (Å²) in [4.78, 5) is 9.01. The van der Waals surface area contributed by atoms with Gasteiger partial charge in [-0.1, -0.05) is 6.07 Å². The van der Waals surface area contributed by atoms with E-state index in [1.807, 2.05) is 18.2 Å². The van der Waals surface area contributed by atoms with Gasteiger partial charge >= 0.3 is 0 Å². The number of pyridine rings is 1. The molecule has 0 radical (unpaired) electrons. The molecule has 1 aromatic rings. The Kier molecular flexibility index (Phi) is 4.76. The summed E-state index contributed by atoms with van der Waals surface area (Å²) < 4.78 is 5.57. The van der Waals surface area contributed by atoms with Crippen LogP contribution in [0.5, 0.6) is 5.88 Å². The molecule has 0 unspecified atom stereocenters. The average molecular weight is 235 g/mol. The van der Waals surface area contributed by atoms with E-state index in [0.29, 0.717) is 0 Å². The van der Waals surface area contributed by atoms with Crippen molar-refractivity contribution in [2.75, 3.05) is 46.4 Å². The maximum Gasteiger partial charge on any atom is 0.213 e. The zero-order chi connectivity index (χ0) is 11.9. The molecule has 4 heteroatoms. The van der Waals surface area contributed by atoms with Gasteiger partial charge in [-0.3, -0.25) is 0 Å². The lowest BCUT2D eigenvalue weighted by molar-refractivity contribution is 0.145. The van der Waals surface area contributed by atoms with Crippen LogP contribution in [0, 0.1) is 0 Å². The van der Waals surface area contributed by atoms with Crippen LogP contribution in [0.3, 0.4) is 0 Å². The Morgan fingerprint density at radius 2 is 2.06 bits per heavy atom. The van der Waals surface area contributed by atoms with Crippen molar-refractivity contribution < 1.29 is 4.74 Å². The van der Waals surface area contributed by atoms with Crippen LogP contribution >= 0.6 is 0 Å². The van der Waals surface area contributed by atoms with Crippen molar-refractivity contribution in [2.24, 2.45) is 0 Å². The lowest BCUT2D eigenvalue weighted by Crippen LogP contribution is -2.44. The van der Waals surface area contributed by atoms with Crippen molar-refractivity contribution >= 4 is 0 Å². The molecule has 0 aromatic carbocycles. The highest BCUT2D eigenvalue weighted by Gasteiger charge is 2.12. The number of nitrogens with zero attached hydrogens (tertiary/aromatic N) is 3. The molecule has 0 spiro atoms. The van der Waals surface area contributed by atoms with Gasteiger partial charge in [-0.15, -0.1) is 0 Å². The quantitative estimate of drug-likeness (QED) is 0.715. The molecule has 0 N–H and O–H groups in total. The fourth-order valence-electron chi connectivity index (χ4n) is 1.97. The first kappa shape index (κ1) is 12.3. The third-order valence-electron chi connectivity index (χ3n) is 3.10. The average Bonchev–Trinajstić information content (AvgIpc) is 2.38. The molecule has 0 atom stereocenters. The van der Waals surface area contributed by atoms with Gasteiger partial charge in [0, 0.05) is 45.0 Å². The third kappa shape index (κ3) is 4.32. The number of likely N-dealkylation sites (N-methyl/N-ethyl adjacent to an activating group) is 1. The minimum atomic E-state index is 0.728. The second kappa shape index (κ2) is 6.57. The summed E-state index contributed by atoms with van der Waals surface area (Å²) in [6, 6.07) is 5.75. The monoisotopic (exact) mass is 235 g/mol. The van der Waals surface area contributed by atoms with E-state index < -0.39 is 0 Å². The summed E-state index contributed by atoms with van der Waals surface area (Å²) >= 11 is 0. The van der Waals surface area contributed by atoms with Crippen molar-refractivity contribution in [1.82, 2.24) is 14.8 Å². The molecular weight excluding hydrogens is 214 g/mol.